The third-order valence-electron chi connectivity index (χ3n) is 5.50. The van der Waals surface area contributed by atoms with Crippen LogP contribution in [0.3, 0.4) is 0 Å². The molecule has 8 heteroatoms. The molecule has 1 heterocycles. The van der Waals surface area contributed by atoms with E-state index in [9.17, 15) is 14.7 Å². The van der Waals surface area contributed by atoms with Gasteiger partial charge in [0.05, 0.1) is 22.5 Å². The first-order chi connectivity index (χ1) is 16.7. The monoisotopic (exact) mass is 550 g/mol. The first kappa shape index (κ1) is 24.6. The van der Waals surface area contributed by atoms with Crippen LogP contribution in [0.5, 0.6) is 11.5 Å². The van der Waals surface area contributed by atoms with Crippen LogP contribution in [0.15, 0.2) is 70.7 Å². The predicted octanol–water partition coefficient (Wildman–Crippen LogP) is 5.92. The number of thiocarbonyl (C=S) groups is 1. The number of carbonyl (C=O) groups excluding carboxylic acids is 2. The molecule has 1 saturated heterocycles. The summed E-state index contributed by atoms with van der Waals surface area (Å²) in [5.74, 6) is -0.881. The number of ether oxygens (including phenoxy) is 1. The molecule has 6 nitrogen and oxygen atoms in total. The van der Waals surface area contributed by atoms with Gasteiger partial charge in [-0.2, -0.15) is 0 Å². The van der Waals surface area contributed by atoms with E-state index in [1.165, 1.54) is 15.9 Å². The van der Waals surface area contributed by atoms with E-state index in [-0.39, 0.29) is 22.2 Å². The number of carbonyl (C=O) groups is 2. The fourth-order valence-corrected chi connectivity index (χ4v) is 4.52. The molecule has 3 aromatic rings. The minimum absolute atomic E-state index is 0.0564. The standard InChI is InChI=1S/C27H23BrN2O4S/c1-4-34-23-15-18(14-22(28)24(23)31)13-21-25(32)29(19-9-5-16(2)6-10-19)27(35)30(26(21)33)20-11-7-17(3)8-12-20/h5-15,31H,4H2,1-3H3. The summed E-state index contributed by atoms with van der Waals surface area (Å²) in [6.45, 7) is 6.04. The highest BCUT2D eigenvalue weighted by Gasteiger charge is 2.41. The van der Waals surface area contributed by atoms with E-state index in [1.807, 2.05) is 38.1 Å². The summed E-state index contributed by atoms with van der Waals surface area (Å²) in [5, 5.41) is 10.3. The molecule has 0 aromatic heterocycles. The molecule has 3 aromatic carbocycles. The molecule has 0 saturated carbocycles. The molecule has 0 spiro atoms. The molecular formula is C27H23BrN2O4S. The van der Waals surface area contributed by atoms with E-state index in [2.05, 4.69) is 15.9 Å². The van der Waals surface area contributed by atoms with Gasteiger partial charge in [-0.3, -0.25) is 19.4 Å². The molecule has 2 amide bonds. The van der Waals surface area contributed by atoms with Crippen molar-refractivity contribution in [2.45, 2.75) is 20.8 Å². The van der Waals surface area contributed by atoms with Crippen molar-refractivity contribution in [3.63, 3.8) is 0 Å². The molecule has 1 N–H and O–H groups in total. The van der Waals surface area contributed by atoms with Gasteiger partial charge in [0.1, 0.15) is 5.57 Å². The van der Waals surface area contributed by atoms with Gasteiger partial charge in [-0.1, -0.05) is 35.4 Å². The number of anilines is 2. The average molecular weight is 551 g/mol. The first-order valence-corrected chi connectivity index (χ1v) is 12.1. The van der Waals surface area contributed by atoms with Gasteiger partial charge in [-0.15, -0.1) is 0 Å². The second kappa shape index (κ2) is 10.0. The fraction of sp³-hybridized carbons (Fsp3) is 0.148. The van der Waals surface area contributed by atoms with Crippen molar-refractivity contribution in [2.24, 2.45) is 0 Å². The van der Waals surface area contributed by atoms with Crippen molar-refractivity contribution in [3.8, 4) is 11.5 Å². The Morgan fingerprint density at radius 3 is 1.86 bits per heavy atom. The van der Waals surface area contributed by atoms with Crippen LogP contribution in [0.2, 0.25) is 0 Å². The summed E-state index contributed by atoms with van der Waals surface area (Å²) in [4.78, 5) is 30.0. The molecule has 1 aliphatic heterocycles. The predicted molar refractivity (Wildman–Crippen MR) is 145 cm³/mol. The lowest BCUT2D eigenvalue weighted by Crippen LogP contribution is -2.56. The normalized spacial score (nSPS) is 13.9. The van der Waals surface area contributed by atoms with Crippen LogP contribution in [0, 0.1) is 13.8 Å². The maximum Gasteiger partial charge on any atom is 0.270 e. The number of benzene rings is 3. The van der Waals surface area contributed by atoms with Crippen molar-refractivity contribution >= 4 is 62.5 Å². The fourth-order valence-electron chi connectivity index (χ4n) is 3.68. The molecule has 0 radical (unpaired) electrons. The van der Waals surface area contributed by atoms with Crippen LogP contribution in [0.1, 0.15) is 23.6 Å². The summed E-state index contributed by atoms with van der Waals surface area (Å²) in [5.41, 5.74) is 3.62. The van der Waals surface area contributed by atoms with Gasteiger partial charge in [0.25, 0.3) is 11.8 Å². The third kappa shape index (κ3) is 4.85. The Hall–Kier alpha value is -3.49. The molecule has 178 valence electrons. The van der Waals surface area contributed by atoms with Gasteiger partial charge < -0.3 is 9.84 Å². The SMILES string of the molecule is CCOc1cc(C=C2C(=O)N(c3ccc(C)cc3)C(=S)N(c3ccc(C)cc3)C2=O)cc(Br)c1O. The Bertz CT molecular complexity index is 1280. The maximum absolute atomic E-state index is 13.7. The molecular weight excluding hydrogens is 528 g/mol. The lowest BCUT2D eigenvalue weighted by atomic mass is 10.0. The van der Waals surface area contributed by atoms with Gasteiger partial charge in [0.2, 0.25) is 0 Å². The van der Waals surface area contributed by atoms with Crippen molar-refractivity contribution in [1.82, 2.24) is 0 Å². The highest BCUT2D eigenvalue weighted by atomic mass is 79.9. The van der Waals surface area contributed by atoms with Crippen LogP contribution < -0.4 is 14.5 Å². The van der Waals surface area contributed by atoms with E-state index in [1.54, 1.807) is 43.3 Å². The summed E-state index contributed by atoms with van der Waals surface area (Å²) in [7, 11) is 0. The van der Waals surface area contributed by atoms with Crippen LogP contribution in [-0.2, 0) is 9.59 Å². The quantitative estimate of drug-likeness (QED) is 0.242. The smallest absolute Gasteiger partial charge is 0.270 e. The highest BCUT2D eigenvalue weighted by molar-refractivity contribution is 9.10. The van der Waals surface area contributed by atoms with Gasteiger partial charge in [-0.25, -0.2) is 0 Å². The minimum Gasteiger partial charge on any atom is -0.503 e. The number of aromatic hydroxyl groups is 1. The highest BCUT2D eigenvalue weighted by Crippen LogP contribution is 2.37. The number of hydrogen-bond acceptors (Lipinski definition) is 5. The molecule has 0 aliphatic carbocycles. The Morgan fingerprint density at radius 1 is 0.914 bits per heavy atom. The zero-order valence-corrected chi connectivity index (χ0v) is 21.8. The summed E-state index contributed by atoms with van der Waals surface area (Å²) >= 11 is 8.98. The summed E-state index contributed by atoms with van der Waals surface area (Å²) in [6, 6.07) is 17.9. The van der Waals surface area contributed by atoms with Gasteiger partial charge >= 0.3 is 0 Å². The summed E-state index contributed by atoms with van der Waals surface area (Å²) in [6.07, 6.45) is 1.49. The zero-order chi connectivity index (χ0) is 25.3. The van der Waals surface area contributed by atoms with Crippen LogP contribution >= 0.6 is 28.1 Å². The number of halogens is 1. The number of nitrogens with zero attached hydrogens (tertiary/aromatic N) is 2. The van der Waals surface area contributed by atoms with E-state index < -0.39 is 11.8 Å². The van der Waals surface area contributed by atoms with Crippen molar-refractivity contribution < 1.29 is 19.4 Å². The topological polar surface area (TPSA) is 70.1 Å². The van der Waals surface area contributed by atoms with Gasteiger partial charge in [-0.05, 0) is 97.0 Å². The first-order valence-electron chi connectivity index (χ1n) is 10.9. The summed E-state index contributed by atoms with van der Waals surface area (Å²) < 4.78 is 5.88. The maximum atomic E-state index is 13.7. The van der Waals surface area contributed by atoms with E-state index in [0.29, 0.717) is 28.0 Å². The number of rotatable bonds is 5. The van der Waals surface area contributed by atoms with Crippen molar-refractivity contribution in [2.75, 3.05) is 16.4 Å². The number of phenols is 1. The van der Waals surface area contributed by atoms with Crippen LogP contribution in [-0.4, -0.2) is 28.6 Å². The number of aryl methyl sites for hydroxylation is 2. The Labute approximate surface area is 217 Å². The molecule has 1 fully saturated rings. The average Bonchev–Trinajstić information content (AvgIpc) is 2.82. The van der Waals surface area contributed by atoms with Crippen molar-refractivity contribution in [1.29, 1.82) is 0 Å². The number of amides is 2. The second-order valence-electron chi connectivity index (χ2n) is 8.08. The van der Waals surface area contributed by atoms with E-state index in [0.717, 1.165) is 11.1 Å². The lowest BCUT2D eigenvalue weighted by Gasteiger charge is -2.36. The van der Waals surface area contributed by atoms with Gasteiger partial charge in [0.15, 0.2) is 16.6 Å². The van der Waals surface area contributed by atoms with E-state index >= 15 is 0 Å². The largest absolute Gasteiger partial charge is 0.503 e. The van der Waals surface area contributed by atoms with Crippen LogP contribution in [0.25, 0.3) is 6.08 Å². The van der Waals surface area contributed by atoms with E-state index in [4.69, 9.17) is 17.0 Å². The Balaban J connectivity index is 1.87. The van der Waals surface area contributed by atoms with Crippen LogP contribution in [0.4, 0.5) is 11.4 Å². The Kier molecular flexibility index (Phi) is 7.05. The van der Waals surface area contributed by atoms with Gasteiger partial charge in [0, 0.05) is 0 Å². The number of hydrogen-bond donors (Lipinski definition) is 1. The number of phenolic OH excluding ortho intramolecular Hbond substituents is 1. The Morgan fingerprint density at radius 2 is 1.40 bits per heavy atom. The third-order valence-corrected chi connectivity index (χ3v) is 6.47. The molecule has 35 heavy (non-hydrogen) atoms. The zero-order valence-electron chi connectivity index (χ0n) is 19.4. The lowest BCUT2D eigenvalue weighted by molar-refractivity contribution is -0.120. The minimum atomic E-state index is -0.533. The van der Waals surface area contributed by atoms with Crippen molar-refractivity contribution in [3.05, 3.63) is 87.4 Å². The molecule has 4 rings (SSSR count). The molecule has 0 bridgehead atoms. The molecule has 0 atom stereocenters. The molecule has 1 aliphatic rings. The second-order valence-corrected chi connectivity index (χ2v) is 9.29. The molecule has 0 unspecified atom stereocenters.